The molecule has 1 aromatic carbocycles. The first-order chi connectivity index (χ1) is 8.66. The molecule has 0 fully saturated rings. The first-order valence-electron chi connectivity index (χ1n) is 5.96. The van der Waals surface area contributed by atoms with Gasteiger partial charge < -0.3 is 9.88 Å². The predicted molar refractivity (Wildman–Crippen MR) is 70.0 cm³/mol. The molecule has 0 spiro atoms. The third-order valence-corrected chi connectivity index (χ3v) is 2.99. The van der Waals surface area contributed by atoms with Gasteiger partial charge in [0.25, 0.3) is 0 Å². The second-order valence-corrected chi connectivity index (χ2v) is 4.31. The molecule has 1 amide bonds. The number of carbonyl (C=O) groups excluding carboxylic acids is 1. The Labute approximate surface area is 107 Å². The van der Waals surface area contributed by atoms with Gasteiger partial charge in [0.2, 0.25) is 5.91 Å². The summed E-state index contributed by atoms with van der Waals surface area (Å²) in [4.78, 5) is 16.0. The predicted octanol–water partition coefficient (Wildman–Crippen LogP) is 1.82. The molecule has 0 aliphatic rings. The van der Waals surface area contributed by atoms with Crippen molar-refractivity contribution in [3.8, 4) is 0 Å². The Hall–Kier alpha value is -2.10. The average Bonchev–Trinajstić information content (AvgIpc) is 2.70. The highest BCUT2D eigenvalue weighted by Gasteiger charge is 2.06. The molecule has 1 aromatic heterocycles. The van der Waals surface area contributed by atoms with Gasteiger partial charge in [-0.15, -0.1) is 0 Å². The number of rotatable bonds is 4. The van der Waals surface area contributed by atoms with Gasteiger partial charge in [0.15, 0.2) is 0 Å². The Morgan fingerprint density at radius 1 is 1.28 bits per heavy atom. The molecule has 0 aliphatic heterocycles. The summed E-state index contributed by atoms with van der Waals surface area (Å²) in [6.45, 7) is 4.78. The highest BCUT2D eigenvalue weighted by atomic mass is 16.1. The highest BCUT2D eigenvalue weighted by molar-refractivity contribution is 5.75. The fraction of sp³-hybridized carbons (Fsp3) is 0.286. The molecule has 0 saturated heterocycles. The Kier molecular flexibility index (Phi) is 3.77. The van der Waals surface area contributed by atoms with E-state index in [2.05, 4.69) is 10.3 Å². The van der Waals surface area contributed by atoms with E-state index in [1.165, 1.54) is 0 Å². The second kappa shape index (κ2) is 5.49. The number of hydrogen-bond acceptors (Lipinski definition) is 2. The van der Waals surface area contributed by atoms with Gasteiger partial charge in [0, 0.05) is 12.2 Å². The smallest absolute Gasteiger partial charge is 0.240 e. The van der Waals surface area contributed by atoms with Crippen LogP contribution in [0.25, 0.3) is 0 Å². The molecule has 94 valence electrons. The number of nitrogens with one attached hydrogen (secondary N) is 1. The van der Waals surface area contributed by atoms with Crippen LogP contribution in [0.5, 0.6) is 0 Å². The number of carbonyl (C=O) groups is 1. The summed E-state index contributed by atoms with van der Waals surface area (Å²) in [7, 11) is 0. The van der Waals surface area contributed by atoms with Gasteiger partial charge in [-0.25, -0.2) is 4.98 Å². The SMILES string of the molecule is Cc1ncn(CC(=O)NCc2ccccc2)c1C. The third kappa shape index (κ3) is 2.97. The van der Waals surface area contributed by atoms with E-state index in [0.29, 0.717) is 13.1 Å². The minimum absolute atomic E-state index is 0.000599. The minimum Gasteiger partial charge on any atom is -0.350 e. The van der Waals surface area contributed by atoms with Crippen molar-refractivity contribution in [3.05, 3.63) is 53.6 Å². The summed E-state index contributed by atoms with van der Waals surface area (Å²) in [5.41, 5.74) is 3.10. The van der Waals surface area contributed by atoms with Gasteiger partial charge in [0.05, 0.1) is 12.0 Å². The molecule has 4 heteroatoms. The summed E-state index contributed by atoms with van der Waals surface area (Å²) in [5.74, 6) is -0.000599. The van der Waals surface area contributed by atoms with Gasteiger partial charge in [-0.05, 0) is 19.4 Å². The fourth-order valence-corrected chi connectivity index (χ4v) is 1.71. The number of nitrogens with zero attached hydrogens (tertiary/aromatic N) is 2. The van der Waals surface area contributed by atoms with E-state index in [-0.39, 0.29) is 5.91 Å². The number of amides is 1. The first-order valence-corrected chi connectivity index (χ1v) is 5.96. The van der Waals surface area contributed by atoms with E-state index in [1.807, 2.05) is 48.7 Å². The molecule has 0 aliphatic carbocycles. The van der Waals surface area contributed by atoms with Crippen LogP contribution >= 0.6 is 0 Å². The number of imidazole rings is 1. The molecular formula is C14H17N3O. The Morgan fingerprint density at radius 2 is 2.00 bits per heavy atom. The summed E-state index contributed by atoms with van der Waals surface area (Å²) in [5, 5.41) is 2.90. The molecule has 0 radical (unpaired) electrons. The van der Waals surface area contributed by atoms with E-state index >= 15 is 0 Å². The number of hydrogen-bond donors (Lipinski definition) is 1. The Bertz CT molecular complexity index is 531. The lowest BCUT2D eigenvalue weighted by Gasteiger charge is -2.07. The summed E-state index contributed by atoms with van der Waals surface area (Å²) < 4.78 is 1.86. The fourth-order valence-electron chi connectivity index (χ4n) is 1.71. The van der Waals surface area contributed by atoms with E-state index in [0.717, 1.165) is 17.0 Å². The van der Waals surface area contributed by atoms with Crippen LogP contribution in [0.15, 0.2) is 36.7 Å². The largest absolute Gasteiger partial charge is 0.350 e. The minimum atomic E-state index is -0.000599. The Morgan fingerprint density at radius 3 is 2.61 bits per heavy atom. The van der Waals surface area contributed by atoms with Crippen LogP contribution in [0.1, 0.15) is 17.0 Å². The lowest BCUT2D eigenvalue weighted by Crippen LogP contribution is -2.27. The maximum atomic E-state index is 11.8. The topological polar surface area (TPSA) is 46.9 Å². The highest BCUT2D eigenvalue weighted by Crippen LogP contribution is 2.03. The first kappa shape index (κ1) is 12.4. The van der Waals surface area contributed by atoms with E-state index in [9.17, 15) is 4.79 Å². The third-order valence-electron chi connectivity index (χ3n) is 2.99. The van der Waals surface area contributed by atoms with Gasteiger partial charge >= 0.3 is 0 Å². The monoisotopic (exact) mass is 243 g/mol. The van der Waals surface area contributed by atoms with Crippen molar-refractivity contribution in [2.24, 2.45) is 0 Å². The normalized spacial score (nSPS) is 10.3. The van der Waals surface area contributed by atoms with Crippen LogP contribution < -0.4 is 5.32 Å². The average molecular weight is 243 g/mol. The number of aryl methyl sites for hydroxylation is 1. The van der Waals surface area contributed by atoms with Crippen molar-refractivity contribution < 1.29 is 4.79 Å². The maximum Gasteiger partial charge on any atom is 0.240 e. The molecule has 2 aromatic rings. The van der Waals surface area contributed by atoms with Crippen molar-refractivity contribution in [2.75, 3.05) is 0 Å². The van der Waals surface area contributed by atoms with Gasteiger partial charge in [-0.3, -0.25) is 4.79 Å². The molecule has 0 atom stereocenters. The molecule has 2 rings (SSSR count). The quantitative estimate of drug-likeness (QED) is 0.890. The van der Waals surface area contributed by atoms with Crippen LogP contribution in [0.4, 0.5) is 0 Å². The molecule has 0 saturated carbocycles. The molecule has 1 heterocycles. The van der Waals surface area contributed by atoms with E-state index in [4.69, 9.17) is 0 Å². The van der Waals surface area contributed by atoms with Crippen LogP contribution in [-0.2, 0) is 17.9 Å². The number of benzene rings is 1. The van der Waals surface area contributed by atoms with Crippen molar-refractivity contribution in [3.63, 3.8) is 0 Å². The van der Waals surface area contributed by atoms with Crippen LogP contribution in [0.2, 0.25) is 0 Å². The van der Waals surface area contributed by atoms with Crippen molar-refractivity contribution in [1.29, 1.82) is 0 Å². The molecule has 0 bridgehead atoms. The molecule has 1 N–H and O–H groups in total. The molecule has 0 unspecified atom stereocenters. The van der Waals surface area contributed by atoms with Gasteiger partial charge in [0.1, 0.15) is 6.54 Å². The van der Waals surface area contributed by atoms with Crippen molar-refractivity contribution >= 4 is 5.91 Å². The standard InChI is InChI=1S/C14H17N3O/c1-11-12(2)17(10-16-11)9-14(18)15-8-13-6-4-3-5-7-13/h3-7,10H,8-9H2,1-2H3,(H,15,18). The zero-order valence-electron chi connectivity index (χ0n) is 10.7. The molecule has 18 heavy (non-hydrogen) atoms. The zero-order valence-corrected chi connectivity index (χ0v) is 10.7. The van der Waals surface area contributed by atoms with Crippen LogP contribution in [0, 0.1) is 13.8 Å². The second-order valence-electron chi connectivity index (χ2n) is 4.31. The summed E-state index contributed by atoms with van der Waals surface area (Å²) >= 11 is 0. The van der Waals surface area contributed by atoms with Crippen molar-refractivity contribution in [2.45, 2.75) is 26.9 Å². The summed E-state index contributed by atoms with van der Waals surface area (Å²) in [6.07, 6.45) is 1.70. The van der Waals surface area contributed by atoms with Crippen LogP contribution in [0.3, 0.4) is 0 Å². The van der Waals surface area contributed by atoms with Crippen LogP contribution in [-0.4, -0.2) is 15.5 Å². The van der Waals surface area contributed by atoms with Gasteiger partial charge in [-0.2, -0.15) is 0 Å². The van der Waals surface area contributed by atoms with E-state index < -0.39 is 0 Å². The lowest BCUT2D eigenvalue weighted by atomic mass is 10.2. The summed E-state index contributed by atoms with van der Waals surface area (Å²) in [6, 6.07) is 9.87. The van der Waals surface area contributed by atoms with Gasteiger partial charge in [-0.1, -0.05) is 30.3 Å². The lowest BCUT2D eigenvalue weighted by molar-refractivity contribution is -0.121. The van der Waals surface area contributed by atoms with E-state index in [1.54, 1.807) is 6.33 Å². The molecule has 4 nitrogen and oxygen atoms in total. The Balaban J connectivity index is 1.88. The number of aromatic nitrogens is 2. The molecular weight excluding hydrogens is 226 g/mol. The zero-order chi connectivity index (χ0) is 13.0. The maximum absolute atomic E-state index is 11.8. The van der Waals surface area contributed by atoms with Crippen molar-refractivity contribution in [1.82, 2.24) is 14.9 Å².